The second-order valence-electron chi connectivity index (χ2n) is 5.23. The number of hydrogen-bond donors (Lipinski definition) is 2. The molecule has 6 nitrogen and oxygen atoms in total. The van der Waals surface area contributed by atoms with Crippen molar-refractivity contribution >= 4 is 29.2 Å². The highest BCUT2D eigenvalue weighted by molar-refractivity contribution is 6.30. The molecule has 23 heavy (non-hydrogen) atoms. The molecule has 1 aromatic heterocycles. The minimum atomic E-state index is -1.11. The lowest BCUT2D eigenvalue weighted by molar-refractivity contribution is -0.117. The molecule has 0 fully saturated rings. The van der Waals surface area contributed by atoms with E-state index < -0.39 is 5.97 Å². The highest BCUT2D eigenvalue weighted by atomic mass is 35.5. The molecule has 0 aliphatic heterocycles. The van der Waals surface area contributed by atoms with E-state index in [1.807, 2.05) is 0 Å². The number of hydrogen-bond acceptors (Lipinski definition) is 4. The van der Waals surface area contributed by atoms with Crippen molar-refractivity contribution in [1.29, 1.82) is 0 Å². The molecule has 1 amide bonds. The molecule has 7 heteroatoms. The predicted molar refractivity (Wildman–Crippen MR) is 86.8 cm³/mol. The summed E-state index contributed by atoms with van der Waals surface area (Å²) < 4.78 is 5.15. The average Bonchev–Trinajstić information content (AvgIpc) is 2.80. The molecule has 0 saturated carbocycles. The molecule has 0 aliphatic rings. The first-order valence-electron chi connectivity index (χ1n) is 6.91. The lowest BCUT2D eigenvalue weighted by Gasteiger charge is -2.15. The second-order valence-corrected chi connectivity index (χ2v) is 5.66. The van der Waals surface area contributed by atoms with Crippen molar-refractivity contribution in [1.82, 2.24) is 4.90 Å². The molecule has 1 aromatic carbocycles. The summed E-state index contributed by atoms with van der Waals surface area (Å²) in [6.07, 6.45) is 0. The van der Waals surface area contributed by atoms with Crippen LogP contribution in [0.3, 0.4) is 0 Å². The van der Waals surface area contributed by atoms with Crippen LogP contribution in [0.4, 0.5) is 5.69 Å². The molecule has 0 bridgehead atoms. The van der Waals surface area contributed by atoms with E-state index in [1.165, 1.54) is 6.07 Å². The largest absolute Gasteiger partial charge is 0.475 e. The van der Waals surface area contributed by atoms with Crippen LogP contribution in [0.1, 0.15) is 21.9 Å². The highest BCUT2D eigenvalue weighted by Gasteiger charge is 2.15. The number of carbonyl (C=O) groups is 2. The van der Waals surface area contributed by atoms with Gasteiger partial charge in [-0.25, -0.2) is 4.79 Å². The number of halogens is 1. The van der Waals surface area contributed by atoms with Crippen LogP contribution in [0.25, 0.3) is 0 Å². The molecular formula is C16H17ClN2O4. The Hall–Kier alpha value is -2.31. The Kier molecular flexibility index (Phi) is 5.41. The minimum absolute atomic E-state index is 0.103. The van der Waals surface area contributed by atoms with Crippen LogP contribution in [0.5, 0.6) is 0 Å². The van der Waals surface area contributed by atoms with Crippen LogP contribution < -0.4 is 5.32 Å². The summed E-state index contributed by atoms with van der Waals surface area (Å²) in [6, 6.07) is 8.37. The van der Waals surface area contributed by atoms with E-state index in [0.717, 1.165) is 5.56 Å². The Balaban J connectivity index is 1.92. The molecule has 0 saturated heterocycles. The van der Waals surface area contributed by atoms with Crippen molar-refractivity contribution in [3.05, 3.63) is 52.4 Å². The third kappa shape index (κ3) is 4.84. The number of nitrogens with zero attached hydrogens (tertiary/aromatic N) is 1. The van der Waals surface area contributed by atoms with Crippen LogP contribution in [0.2, 0.25) is 5.02 Å². The van der Waals surface area contributed by atoms with Crippen molar-refractivity contribution in [3.63, 3.8) is 0 Å². The molecule has 122 valence electrons. The number of likely N-dealkylation sites (N-methyl/N-ethyl adjacent to an activating group) is 1. The molecule has 2 rings (SSSR count). The van der Waals surface area contributed by atoms with Gasteiger partial charge in [-0.1, -0.05) is 17.7 Å². The highest BCUT2D eigenvalue weighted by Crippen LogP contribution is 2.17. The van der Waals surface area contributed by atoms with E-state index in [1.54, 1.807) is 43.1 Å². The van der Waals surface area contributed by atoms with Gasteiger partial charge in [-0.2, -0.15) is 0 Å². The normalized spacial score (nSPS) is 10.8. The maximum atomic E-state index is 12.0. The lowest BCUT2D eigenvalue weighted by Crippen LogP contribution is -2.29. The summed E-state index contributed by atoms with van der Waals surface area (Å²) in [5.41, 5.74) is 1.36. The summed E-state index contributed by atoms with van der Waals surface area (Å²) in [7, 11) is 1.77. The van der Waals surface area contributed by atoms with Gasteiger partial charge in [0.15, 0.2) is 0 Å². The number of furan rings is 1. The Morgan fingerprint density at radius 3 is 2.70 bits per heavy atom. The fourth-order valence-corrected chi connectivity index (χ4v) is 2.33. The number of anilines is 1. The van der Waals surface area contributed by atoms with Crippen LogP contribution >= 0.6 is 11.6 Å². The lowest BCUT2D eigenvalue weighted by atomic mass is 10.2. The molecule has 0 radical (unpaired) electrons. The molecule has 0 atom stereocenters. The number of carboxylic acid groups (broad SMARTS) is 1. The molecule has 0 spiro atoms. The third-order valence-electron chi connectivity index (χ3n) is 3.19. The van der Waals surface area contributed by atoms with Gasteiger partial charge in [0.05, 0.1) is 6.54 Å². The molecular weight excluding hydrogens is 320 g/mol. The SMILES string of the molecule is Cc1oc(C(=O)O)cc1CN(C)CC(=O)Nc1cccc(Cl)c1. The maximum absolute atomic E-state index is 12.0. The summed E-state index contributed by atoms with van der Waals surface area (Å²) in [4.78, 5) is 24.7. The Morgan fingerprint density at radius 1 is 1.35 bits per heavy atom. The first-order valence-corrected chi connectivity index (χ1v) is 7.29. The van der Waals surface area contributed by atoms with Crippen LogP contribution in [0.15, 0.2) is 34.7 Å². The van der Waals surface area contributed by atoms with Gasteiger partial charge in [0.2, 0.25) is 11.7 Å². The van der Waals surface area contributed by atoms with Gasteiger partial charge in [0, 0.05) is 22.8 Å². The van der Waals surface area contributed by atoms with Crippen molar-refractivity contribution < 1.29 is 19.1 Å². The van der Waals surface area contributed by atoms with E-state index in [0.29, 0.717) is 23.0 Å². The van der Waals surface area contributed by atoms with Gasteiger partial charge in [-0.05, 0) is 38.2 Å². The molecule has 2 N–H and O–H groups in total. The minimum Gasteiger partial charge on any atom is -0.475 e. The number of nitrogens with one attached hydrogen (secondary N) is 1. The monoisotopic (exact) mass is 336 g/mol. The van der Waals surface area contributed by atoms with Gasteiger partial charge in [-0.3, -0.25) is 9.69 Å². The van der Waals surface area contributed by atoms with E-state index in [4.69, 9.17) is 21.1 Å². The van der Waals surface area contributed by atoms with Crippen molar-refractivity contribution in [2.75, 3.05) is 18.9 Å². The average molecular weight is 337 g/mol. The van der Waals surface area contributed by atoms with E-state index in [2.05, 4.69) is 5.32 Å². The summed E-state index contributed by atoms with van der Waals surface area (Å²) >= 11 is 5.87. The van der Waals surface area contributed by atoms with Crippen LogP contribution in [-0.2, 0) is 11.3 Å². The first-order chi connectivity index (χ1) is 10.8. The molecule has 0 aliphatic carbocycles. The number of rotatable bonds is 6. The van der Waals surface area contributed by atoms with E-state index in [-0.39, 0.29) is 18.2 Å². The fourth-order valence-electron chi connectivity index (χ4n) is 2.14. The van der Waals surface area contributed by atoms with E-state index in [9.17, 15) is 9.59 Å². The number of aryl methyl sites for hydroxylation is 1. The zero-order chi connectivity index (χ0) is 17.0. The third-order valence-corrected chi connectivity index (χ3v) is 3.43. The standard InChI is InChI=1S/C16H17ClN2O4/c1-10-11(6-14(23-10)16(21)22)8-19(2)9-15(20)18-13-5-3-4-12(17)7-13/h3-7H,8-9H2,1-2H3,(H,18,20)(H,21,22). The van der Waals surface area contributed by atoms with Crippen molar-refractivity contribution in [2.24, 2.45) is 0 Å². The quantitative estimate of drug-likeness (QED) is 0.847. The van der Waals surface area contributed by atoms with Crippen LogP contribution in [-0.4, -0.2) is 35.5 Å². The molecule has 2 aromatic rings. The summed E-state index contributed by atoms with van der Waals surface area (Å²) in [6.45, 7) is 2.26. The van der Waals surface area contributed by atoms with Crippen LogP contribution in [0, 0.1) is 6.92 Å². The number of benzene rings is 1. The Labute approximate surface area is 138 Å². The van der Waals surface area contributed by atoms with Gasteiger partial charge in [0.25, 0.3) is 0 Å². The summed E-state index contributed by atoms with van der Waals surface area (Å²) in [5, 5.41) is 12.2. The van der Waals surface area contributed by atoms with Crippen molar-refractivity contribution in [2.45, 2.75) is 13.5 Å². The zero-order valence-electron chi connectivity index (χ0n) is 12.8. The number of carbonyl (C=O) groups excluding carboxylic acids is 1. The zero-order valence-corrected chi connectivity index (χ0v) is 13.6. The molecule has 0 unspecified atom stereocenters. The number of carboxylic acids is 1. The second kappa shape index (κ2) is 7.30. The Bertz CT molecular complexity index is 727. The predicted octanol–water partition coefficient (Wildman–Crippen LogP) is 3.01. The number of amides is 1. The topological polar surface area (TPSA) is 82.8 Å². The Morgan fingerprint density at radius 2 is 2.09 bits per heavy atom. The van der Waals surface area contributed by atoms with Crippen molar-refractivity contribution in [3.8, 4) is 0 Å². The smallest absolute Gasteiger partial charge is 0.371 e. The van der Waals surface area contributed by atoms with Gasteiger partial charge < -0.3 is 14.8 Å². The maximum Gasteiger partial charge on any atom is 0.371 e. The summed E-state index contributed by atoms with van der Waals surface area (Å²) in [5.74, 6) is -0.867. The van der Waals surface area contributed by atoms with Gasteiger partial charge in [0.1, 0.15) is 5.76 Å². The van der Waals surface area contributed by atoms with E-state index >= 15 is 0 Å². The fraction of sp³-hybridized carbons (Fsp3) is 0.250. The first kappa shape index (κ1) is 17.1. The van der Waals surface area contributed by atoms with Gasteiger partial charge >= 0.3 is 5.97 Å². The van der Waals surface area contributed by atoms with Gasteiger partial charge in [-0.15, -0.1) is 0 Å². The number of aromatic carboxylic acids is 1. The molecule has 1 heterocycles.